The van der Waals surface area contributed by atoms with Gasteiger partial charge in [0.1, 0.15) is 0 Å². The van der Waals surface area contributed by atoms with Crippen LogP contribution in [0.25, 0.3) is 0 Å². The van der Waals surface area contributed by atoms with Crippen molar-refractivity contribution < 1.29 is 24.9 Å². The number of hydrogen-bond acceptors (Lipinski definition) is 4. The molecule has 1 aliphatic carbocycles. The van der Waals surface area contributed by atoms with Gasteiger partial charge in [0.2, 0.25) is 0 Å². The summed E-state index contributed by atoms with van der Waals surface area (Å²) in [4.78, 5) is 22.0. The van der Waals surface area contributed by atoms with Crippen molar-refractivity contribution in [3.63, 3.8) is 0 Å². The third kappa shape index (κ3) is 3.80. The predicted molar refractivity (Wildman–Crippen MR) is 60.3 cm³/mol. The first-order valence-corrected chi connectivity index (χ1v) is 5.44. The van der Waals surface area contributed by atoms with Crippen LogP contribution in [0, 0.1) is 0 Å². The first kappa shape index (κ1) is 13.6. The van der Waals surface area contributed by atoms with Gasteiger partial charge >= 0.3 is 5.97 Å². The van der Waals surface area contributed by atoms with Crippen molar-refractivity contribution in [1.82, 2.24) is 0 Å². The van der Waals surface area contributed by atoms with E-state index in [4.69, 9.17) is 10.2 Å². The molecule has 94 valence electrons. The van der Waals surface area contributed by atoms with Crippen molar-refractivity contribution in [1.29, 1.82) is 0 Å². The molecule has 0 amide bonds. The van der Waals surface area contributed by atoms with Crippen LogP contribution in [0.5, 0.6) is 0 Å². The van der Waals surface area contributed by atoms with Gasteiger partial charge in [0.25, 0.3) is 0 Å². The molecule has 0 aliphatic heterocycles. The van der Waals surface area contributed by atoms with Crippen LogP contribution in [0.4, 0.5) is 0 Å². The Balaban J connectivity index is 2.88. The third-order valence-electron chi connectivity index (χ3n) is 2.57. The van der Waals surface area contributed by atoms with Crippen LogP contribution in [-0.2, 0) is 9.59 Å². The van der Waals surface area contributed by atoms with Crippen LogP contribution < -0.4 is 0 Å². The molecule has 0 saturated carbocycles. The van der Waals surface area contributed by atoms with Crippen molar-refractivity contribution in [2.24, 2.45) is 0 Å². The molecule has 3 N–H and O–H groups in total. The number of carbonyl (C=O) groups excluding carboxylic acids is 1. The van der Waals surface area contributed by atoms with Gasteiger partial charge in [0.05, 0.1) is 12.2 Å². The zero-order chi connectivity index (χ0) is 13.0. The molecule has 0 aromatic rings. The second-order valence-electron chi connectivity index (χ2n) is 4.07. The number of aliphatic hydroxyl groups excluding tert-OH is 2. The number of carbonyl (C=O) groups is 2. The molecule has 0 aromatic carbocycles. The molecule has 0 bridgehead atoms. The summed E-state index contributed by atoms with van der Waals surface area (Å²) in [5.41, 5.74) is 0.786. The molecule has 0 spiro atoms. The van der Waals surface area contributed by atoms with E-state index in [9.17, 15) is 14.7 Å². The van der Waals surface area contributed by atoms with Gasteiger partial charge in [-0.25, -0.2) is 0 Å². The van der Waals surface area contributed by atoms with E-state index in [1.54, 1.807) is 6.92 Å². The first-order chi connectivity index (χ1) is 7.91. The molecule has 0 aromatic heterocycles. The lowest BCUT2D eigenvalue weighted by Gasteiger charge is -2.04. The molecule has 1 rings (SSSR count). The molecule has 5 nitrogen and oxygen atoms in total. The Kier molecular flexibility index (Phi) is 4.60. The number of Topliss-reactive ketones (excluding diaryl/α,β-unsaturated/α-hetero) is 1. The van der Waals surface area contributed by atoms with Gasteiger partial charge in [0.15, 0.2) is 5.78 Å². The SMILES string of the molecule is CC(O)C=CC1=C(CCC(=O)O)C(=O)CC1O. The maximum atomic E-state index is 11.5. The molecule has 0 fully saturated rings. The molecule has 2 atom stereocenters. The lowest BCUT2D eigenvalue weighted by Crippen LogP contribution is -2.05. The van der Waals surface area contributed by atoms with E-state index in [1.165, 1.54) is 12.2 Å². The number of ketones is 1. The largest absolute Gasteiger partial charge is 0.481 e. The first-order valence-electron chi connectivity index (χ1n) is 5.44. The summed E-state index contributed by atoms with van der Waals surface area (Å²) >= 11 is 0. The predicted octanol–water partition coefficient (Wildman–Crippen LogP) is 0.419. The molecule has 17 heavy (non-hydrogen) atoms. The lowest BCUT2D eigenvalue weighted by atomic mass is 10.0. The minimum Gasteiger partial charge on any atom is -0.481 e. The quantitative estimate of drug-likeness (QED) is 0.647. The van der Waals surface area contributed by atoms with Gasteiger partial charge < -0.3 is 15.3 Å². The maximum Gasteiger partial charge on any atom is 0.303 e. The fraction of sp³-hybridized carbons (Fsp3) is 0.500. The van der Waals surface area contributed by atoms with E-state index in [0.29, 0.717) is 11.1 Å². The van der Waals surface area contributed by atoms with Gasteiger partial charge in [0, 0.05) is 18.4 Å². The minimum atomic E-state index is -0.981. The molecule has 1 aliphatic rings. The highest BCUT2D eigenvalue weighted by atomic mass is 16.4. The zero-order valence-corrected chi connectivity index (χ0v) is 9.59. The average molecular weight is 240 g/mol. The van der Waals surface area contributed by atoms with Gasteiger partial charge in [-0.2, -0.15) is 0 Å². The van der Waals surface area contributed by atoms with Gasteiger partial charge in [-0.3, -0.25) is 9.59 Å². The fourth-order valence-corrected chi connectivity index (χ4v) is 1.74. The Morgan fingerprint density at radius 1 is 1.59 bits per heavy atom. The van der Waals surface area contributed by atoms with Crippen LogP contribution in [0.3, 0.4) is 0 Å². The summed E-state index contributed by atoms with van der Waals surface area (Å²) in [6, 6.07) is 0. The number of allylic oxidation sites excluding steroid dienone is 1. The summed E-state index contributed by atoms with van der Waals surface area (Å²) in [6.07, 6.45) is 1.36. The van der Waals surface area contributed by atoms with E-state index in [2.05, 4.69) is 0 Å². The van der Waals surface area contributed by atoms with Gasteiger partial charge in [-0.15, -0.1) is 0 Å². The highest BCUT2D eigenvalue weighted by Crippen LogP contribution is 2.28. The lowest BCUT2D eigenvalue weighted by molar-refractivity contribution is -0.136. The summed E-state index contributed by atoms with van der Waals surface area (Å²) in [5.74, 6) is -1.20. The number of rotatable bonds is 5. The fourth-order valence-electron chi connectivity index (χ4n) is 1.74. The molecular weight excluding hydrogens is 224 g/mol. The van der Waals surface area contributed by atoms with E-state index in [1.807, 2.05) is 0 Å². The molecule has 5 heteroatoms. The van der Waals surface area contributed by atoms with Crippen molar-refractivity contribution >= 4 is 11.8 Å². The second kappa shape index (κ2) is 5.75. The van der Waals surface area contributed by atoms with Crippen LogP contribution in [0.2, 0.25) is 0 Å². The Hall–Kier alpha value is -1.46. The van der Waals surface area contributed by atoms with E-state index in [0.717, 1.165) is 0 Å². The normalized spacial score (nSPS) is 22.5. The minimum absolute atomic E-state index is 0.00552. The van der Waals surface area contributed by atoms with E-state index in [-0.39, 0.29) is 25.0 Å². The van der Waals surface area contributed by atoms with Crippen molar-refractivity contribution in [2.45, 2.75) is 38.4 Å². The number of hydrogen-bond donors (Lipinski definition) is 3. The Labute approximate surface area is 99.1 Å². The summed E-state index contributed by atoms with van der Waals surface area (Å²) in [5, 5.41) is 27.3. The maximum absolute atomic E-state index is 11.5. The molecule has 0 heterocycles. The number of aliphatic hydroxyl groups is 2. The van der Waals surface area contributed by atoms with Crippen LogP contribution in [0.1, 0.15) is 26.2 Å². The summed E-state index contributed by atoms with van der Waals surface area (Å²) in [6.45, 7) is 1.55. The van der Waals surface area contributed by atoms with E-state index < -0.39 is 18.2 Å². The van der Waals surface area contributed by atoms with Crippen LogP contribution in [0.15, 0.2) is 23.3 Å². The Morgan fingerprint density at radius 3 is 2.76 bits per heavy atom. The Bertz CT molecular complexity index is 378. The van der Waals surface area contributed by atoms with Gasteiger partial charge in [-0.1, -0.05) is 12.2 Å². The van der Waals surface area contributed by atoms with Crippen molar-refractivity contribution in [2.75, 3.05) is 0 Å². The Morgan fingerprint density at radius 2 is 2.24 bits per heavy atom. The second-order valence-corrected chi connectivity index (χ2v) is 4.07. The average Bonchev–Trinajstić information content (AvgIpc) is 2.47. The number of carboxylic acid groups (broad SMARTS) is 1. The molecule has 0 saturated heterocycles. The molecule has 2 unspecified atom stereocenters. The molecule has 0 radical (unpaired) electrons. The highest BCUT2D eigenvalue weighted by Gasteiger charge is 2.29. The molecular formula is C12H16O5. The summed E-state index contributed by atoms with van der Waals surface area (Å²) in [7, 11) is 0. The van der Waals surface area contributed by atoms with Crippen LogP contribution >= 0.6 is 0 Å². The third-order valence-corrected chi connectivity index (χ3v) is 2.57. The number of aliphatic carboxylic acids is 1. The number of carboxylic acids is 1. The highest BCUT2D eigenvalue weighted by molar-refractivity contribution is 6.00. The topological polar surface area (TPSA) is 94.8 Å². The van der Waals surface area contributed by atoms with Crippen molar-refractivity contribution in [3.05, 3.63) is 23.3 Å². The van der Waals surface area contributed by atoms with Gasteiger partial charge in [-0.05, 0) is 18.9 Å². The van der Waals surface area contributed by atoms with Crippen LogP contribution in [-0.4, -0.2) is 39.3 Å². The smallest absolute Gasteiger partial charge is 0.303 e. The standard InChI is InChI=1S/C12H16O5/c1-7(13)2-3-8-9(4-5-12(16)17)11(15)6-10(8)14/h2-3,7,10,13-14H,4-6H2,1H3,(H,16,17). The zero-order valence-electron chi connectivity index (χ0n) is 9.59. The summed E-state index contributed by atoms with van der Waals surface area (Å²) < 4.78 is 0. The van der Waals surface area contributed by atoms with Crippen molar-refractivity contribution in [3.8, 4) is 0 Å². The monoisotopic (exact) mass is 240 g/mol. The van der Waals surface area contributed by atoms with E-state index >= 15 is 0 Å².